The molecule has 0 fully saturated rings. The molecule has 15 heavy (non-hydrogen) atoms. The average Bonchev–Trinajstić information content (AvgIpc) is 2.16. The summed E-state index contributed by atoms with van der Waals surface area (Å²) < 4.78 is 0. The van der Waals surface area contributed by atoms with Crippen molar-refractivity contribution in [3.05, 3.63) is 23.4 Å². The molecule has 3 nitrogen and oxygen atoms in total. The molecule has 80 valence electrons. The number of hydrogen-bond acceptors (Lipinski definition) is 2. The van der Waals surface area contributed by atoms with Crippen molar-refractivity contribution in [2.45, 2.75) is 27.2 Å². The van der Waals surface area contributed by atoms with E-state index in [9.17, 15) is 4.79 Å². The Balaban J connectivity index is 2.39. The van der Waals surface area contributed by atoms with E-state index in [-0.39, 0.29) is 11.8 Å². The van der Waals surface area contributed by atoms with Gasteiger partial charge in [0.15, 0.2) is 0 Å². The maximum Gasteiger partial charge on any atom is 0.229 e. The topological polar surface area (TPSA) is 42.0 Å². The van der Waals surface area contributed by atoms with Crippen LogP contribution in [-0.4, -0.2) is 10.9 Å². The molecular formula is C12H16N2O. The number of fused-ring (bicyclic) bond motifs is 1. The molecule has 1 aliphatic rings. The van der Waals surface area contributed by atoms with Crippen molar-refractivity contribution in [1.29, 1.82) is 0 Å². The lowest BCUT2D eigenvalue weighted by Gasteiger charge is -2.27. The minimum Gasteiger partial charge on any atom is -0.310 e. The molecule has 0 bridgehead atoms. The highest BCUT2D eigenvalue weighted by atomic mass is 16.2. The number of carbonyl (C=O) groups excluding carboxylic acids is 1. The van der Waals surface area contributed by atoms with Crippen molar-refractivity contribution in [2.75, 3.05) is 5.32 Å². The number of pyridine rings is 1. The van der Waals surface area contributed by atoms with Crippen LogP contribution in [-0.2, 0) is 11.2 Å². The molecular weight excluding hydrogens is 188 g/mol. The number of aromatic nitrogens is 1. The summed E-state index contributed by atoms with van der Waals surface area (Å²) in [4.78, 5) is 16.0. The minimum atomic E-state index is 0.0837. The van der Waals surface area contributed by atoms with Crippen molar-refractivity contribution in [1.82, 2.24) is 4.98 Å². The van der Waals surface area contributed by atoms with E-state index in [1.54, 1.807) is 6.20 Å². The van der Waals surface area contributed by atoms with Crippen molar-refractivity contribution in [3.63, 3.8) is 0 Å². The summed E-state index contributed by atoms with van der Waals surface area (Å²) in [7, 11) is 0. The second-order valence-electron chi connectivity index (χ2n) is 4.50. The van der Waals surface area contributed by atoms with Gasteiger partial charge < -0.3 is 5.32 Å². The van der Waals surface area contributed by atoms with Crippen LogP contribution in [0.15, 0.2) is 12.3 Å². The van der Waals surface area contributed by atoms with Crippen molar-refractivity contribution < 1.29 is 4.79 Å². The third-order valence-corrected chi connectivity index (χ3v) is 3.10. The Morgan fingerprint density at radius 2 is 2.27 bits per heavy atom. The van der Waals surface area contributed by atoms with Crippen LogP contribution < -0.4 is 5.32 Å². The van der Waals surface area contributed by atoms with Crippen LogP contribution in [0.25, 0.3) is 0 Å². The first-order valence-electron chi connectivity index (χ1n) is 5.35. The second-order valence-corrected chi connectivity index (χ2v) is 4.50. The van der Waals surface area contributed by atoms with E-state index in [1.807, 2.05) is 6.07 Å². The Kier molecular flexibility index (Phi) is 2.47. The SMILES string of the molecule is Cc1ccnc2c1CC(C(C)C)C(=O)N2. The standard InChI is InChI=1S/C12H16N2O/c1-7(2)9-6-10-8(3)4-5-13-11(10)14-12(9)15/h4-5,7,9H,6H2,1-3H3,(H,13,14,15). The first kappa shape index (κ1) is 10.1. The number of hydrogen-bond donors (Lipinski definition) is 1. The summed E-state index contributed by atoms with van der Waals surface area (Å²) in [5.41, 5.74) is 2.40. The van der Waals surface area contributed by atoms with Crippen LogP contribution in [0, 0.1) is 18.8 Å². The Morgan fingerprint density at radius 3 is 2.93 bits per heavy atom. The maximum atomic E-state index is 11.8. The Bertz CT molecular complexity index is 399. The van der Waals surface area contributed by atoms with Gasteiger partial charge in [0.2, 0.25) is 5.91 Å². The first-order valence-corrected chi connectivity index (χ1v) is 5.35. The van der Waals surface area contributed by atoms with Crippen molar-refractivity contribution in [3.8, 4) is 0 Å². The third-order valence-electron chi connectivity index (χ3n) is 3.10. The summed E-state index contributed by atoms with van der Waals surface area (Å²) in [6.07, 6.45) is 2.56. The van der Waals surface area contributed by atoms with Gasteiger partial charge in [-0.25, -0.2) is 4.98 Å². The molecule has 1 unspecified atom stereocenters. The fourth-order valence-electron chi connectivity index (χ4n) is 2.01. The van der Waals surface area contributed by atoms with E-state index in [1.165, 1.54) is 11.1 Å². The molecule has 0 saturated carbocycles. The molecule has 1 aromatic rings. The van der Waals surface area contributed by atoms with Gasteiger partial charge in [-0.3, -0.25) is 4.79 Å². The first-order chi connectivity index (χ1) is 7.09. The maximum absolute atomic E-state index is 11.8. The Morgan fingerprint density at radius 1 is 1.53 bits per heavy atom. The van der Waals surface area contributed by atoms with Gasteiger partial charge in [-0.05, 0) is 36.5 Å². The number of nitrogens with zero attached hydrogens (tertiary/aromatic N) is 1. The van der Waals surface area contributed by atoms with Gasteiger partial charge in [-0.1, -0.05) is 13.8 Å². The van der Waals surface area contributed by atoms with Gasteiger partial charge in [0.25, 0.3) is 0 Å². The summed E-state index contributed by atoms with van der Waals surface area (Å²) in [6.45, 7) is 6.23. The zero-order chi connectivity index (χ0) is 11.0. The molecule has 2 rings (SSSR count). The number of anilines is 1. The highest BCUT2D eigenvalue weighted by Crippen LogP contribution is 2.29. The van der Waals surface area contributed by atoms with Crippen molar-refractivity contribution >= 4 is 11.7 Å². The van der Waals surface area contributed by atoms with E-state index in [2.05, 4.69) is 31.1 Å². The molecule has 1 atom stereocenters. The zero-order valence-electron chi connectivity index (χ0n) is 9.37. The summed E-state index contributed by atoms with van der Waals surface area (Å²) in [5.74, 6) is 1.31. The van der Waals surface area contributed by atoms with Crippen LogP contribution in [0.1, 0.15) is 25.0 Å². The molecule has 0 saturated heterocycles. The number of amides is 1. The lowest BCUT2D eigenvalue weighted by atomic mass is 9.85. The predicted octanol–water partition coefficient (Wildman–Crippen LogP) is 2.16. The van der Waals surface area contributed by atoms with E-state index < -0.39 is 0 Å². The van der Waals surface area contributed by atoms with Gasteiger partial charge in [-0.15, -0.1) is 0 Å². The highest BCUT2D eigenvalue weighted by Gasteiger charge is 2.29. The lowest BCUT2D eigenvalue weighted by Crippen LogP contribution is -2.34. The van der Waals surface area contributed by atoms with Crippen LogP contribution in [0.4, 0.5) is 5.82 Å². The van der Waals surface area contributed by atoms with Gasteiger partial charge in [0, 0.05) is 12.1 Å². The molecule has 0 aliphatic carbocycles. The molecule has 3 heteroatoms. The van der Waals surface area contributed by atoms with E-state index in [0.717, 1.165) is 12.2 Å². The molecule has 0 spiro atoms. The lowest BCUT2D eigenvalue weighted by molar-refractivity contribution is -0.121. The van der Waals surface area contributed by atoms with Crippen LogP contribution >= 0.6 is 0 Å². The quantitative estimate of drug-likeness (QED) is 0.761. The molecule has 1 N–H and O–H groups in total. The third kappa shape index (κ3) is 1.74. The van der Waals surface area contributed by atoms with E-state index in [0.29, 0.717) is 5.92 Å². The van der Waals surface area contributed by atoms with Crippen molar-refractivity contribution in [2.24, 2.45) is 11.8 Å². The summed E-state index contributed by atoms with van der Waals surface area (Å²) in [5, 5.41) is 2.88. The molecule has 1 aliphatic heterocycles. The fraction of sp³-hybridized carbons (Fsp3) is 0.500. The van der Waals surface area contributed by atoms with E-state index >= 15 is 0 Å². The molecule has 1 aromatic heterocycles. The average molecular weight is 204 g/mol. The minimum absolute atomic E-state index is 0.0837. The predicted molar refractivity (Wildman–Crippen MR) is 59.6 cm³/mol. The molecule has 2 heterocycles. The fourth-order valence-corrected chi connectivity index (χ4v) is 2.01. The van der Waals surface area contributed by atoms with Gasteiger partial charge >= 0.3 is 0 Å². The number of carbonyl (C=O) groups is 1. The van der Waals surface area contributed by atoms with Crippen LogP contribution in [0.2, 0.25) is 0 Å². The molecule has 1 amide bonds. The highest BCUT2D eigenvalue weighted by molar-refractivity contribution is 5.95. The smallest absolute Gasteiger partial charge is 0.229 e. The Labute approximate surface area is 89.9 Å². The van der Waals surface area contributed by atoms with Crippen LogP contribution in [0.5, 0.6) is 0 Å². The van der Waals surface area contributed by atoms with Crippen LogP contribution in [0.3, 0.4) is 0 Å². The zero-order valence-corrected chi connectivity index (χ0v) is 9.37. The van der Waals surface area contributed by atoms with Gasteiger partial charge in [-0.2, -0.15) is 0 Å². The number of nitrogens with one attached hydrogen (secondary N) is 1. The number of aryl methyl sites for hydroxylation is 1. The molecule has 0 aromatic carbocycles. The number of rotatable bonds is 1. The normalized spacial score (nSPS) is 20.0. The largest absolute Gasteiger partial charge is 0.310 e. The van der Waals surface area contributed by atoms with E-state index in [4.69, 9.17) is 0 Å². The second kappa shape index (κ2) is 3.65. The Hall–Kier alpha value is -1.38. The summed E-state index contributed by atoms with van der Waals surface area (Å²) >= 11 is 0. The summed E-state index contributed by atoms with van der Waals surface area (Å²) in [6, 6.07) is 1.99. The van der Waals surface area contributed by atoms with Gasteiger partial charge in [0.1, 0.15) is 5.82 Å². The monoisotopic (exact) mass is 204 g/mol. The molecule has 0 radical (unpaired) electrons. The van der Waals surface area contributed by atoms with Gasteiger partial charge in [0.05, 0.1) is 0 Å².